The summed E-state index contributed by atoms with van der Waals surface area (Å²) in [5.74, 6) is 14.5. The van der Waals surface area contributed by atoms with Crippen molar-refractivity contribution in [3.8, 4) is 23.7 Å². The third kappa shape index (κ3) is 6.32. The molecule has 0 spiro atoms. The number of rotatable bonds is 5. The second-order valence-electron chi connectivity index (χ2n) is 8.11. The van der Waals surface area contributed by atoms with Crippen LogP contribution in [0.2, 0.25) is 0 Å². The predicted octanol–water partition coefficient (Wildman–Crippen LogP) is 7.00. The molecule has 0 unspecified atom stereocenters. The zero-order chi connectivity index (χ0) is 19.6. The molecular formula is C28H32. The fourth-order valence-corrected chi connectivity index (χ4v) is 4.27. The van der Waals surface area contributed by atoms with Crippen molar-refractivity contribution >= 4 is 0 Å². The van der Waals surface area contributed by atoms with E-state index in [1.54, 1.807) is 0 Å². The molecule has 1 aliphatic carbocycles. The molecular weight excluding hydrogens is 336 g/mol. The Labute approximate surface area is 171 Å². The number of benzene rings is 2. The molecule has 0 amide bonds. The molecule has 1 saturated carbocycles. The van der Waals surface area contributed by atoms with E-state index in [9.17, 15) is 0 Å². The van der Waals surface area contributed by atoms with Gasteiger partial charge >= 0.3 is 0 Å². The van der Waals surface area contributed by atoms with E-state index >= 15 is 0 Å². The molecule has 1 fully saturated rings. The largest absolute Gasteiger partial charge is 0.101 e. The summed E-state index contributed by atoms with van der Waals surface area (Å²) in [5, 5.41) is 0. The van der Waals surface area contributed by atoms with Crippen molar-refractivity contribution < 1.29 is 0 Å². The summed E-state index contributed by atoms with van der Waals surface area (Å²) >= 11 is 0. The maximum Gasteiger partial charge on any atom is 0.0249 e. The first-order valence-corrected chi connectivity index (χ1v) is 10.9. The molecule has 0 aromatic heterocycles. The molecule has 0 saturated heterocycles. The fraction of sp³-hybridized carbons (Fsp3) is 0.429. The summed E-state index contributed by atoms with van der Waals surface area (Å²) in [5.41, 5.74) is 4.60. The maximum absolute atomic E-state index is 3.28. The molecule has 3 rings (SSSR count). The van der Waals surface area contributed by atoms with Gasteiger partial charge in [0.25, 0.3) is 0 Å². The van der Waals surface area contributed by atoms with Crippen molar-refractivity contribution in [1.82, 2.24) is 0 Å². The van der Waals surface area contributed by atoms with E-state index in [1.165, 1.54) is 56.9 Å². The van der Waals surface area contributed by atoms with Crippen LogP contribution in [-0.4, -0.2) is 0 Å². The molecule has 0 heterocycles. The second-order valence-corrected chi connectivity index (χ2v) is 8.11. The summed E-state index contributed by atoms with van der Waals surface area (Å²) in [4.78, 5) is 0. The molecule has 2 aromatic rings. The minimum atomic E-state index is 0.938. The van der Waals surface area contributed by atoms with Gasteiger partial charge in [-0.25, -0.2) is 0 Å². The third-order valence-corrected chi connectivity index (χ3v) is 5.96. The van der Waals surface area contributed by atoms with Crippen LogP contribution in [0.25, 0.3) is 0 Å². The Bertz CT molecular complexity index is 839. The van der Waals surface area contributed by atoms with Crippen molar-refractivity contribution in [3.05, 3.63) is 70.8 Å². The van der Waals surface area contributed by atoms with Gasteiger partial charge in [0.1, 0.15) is 0 Å². The number of hydrogen-bond acceptors (Lipinski definition) is 0. The lowest BCUT2D eigenvalue weighted by Crippen LogP contribution is -2.15. The molecule has 144 valence electrons. The predicted molar refractivity (Wildman–Crippen MR) is 120 cm³/mol. The maximum atomic E-state index is 3.28. The normalized spacial score (nSPS) is 18.5. The first kappa shape index (κ1) is 20.3. The third-order valence-electron chi connectivity index (χ3n) is 5.96. The van der Waals surface area contributed by atoms with E-state index in [2.05, 4.69) is 54.9 Å². The lowest BCUT2D eigenvalue weighted by atomic mass is 9.78. The lowest BCUT2D eigenvalue weighted by molar-refractivity contribution is 0.252. The number of hydrogen-bond donors (Lipinski definition) is 0. The topological polar surface area (TPSA) is 0 Å². The minimum Gasteiger partial charge on any atom is -0.101 e. The monoisotopic (exact) mass is 368 g/mol. The molecule has 0 aliphatic heterocycles. The van der Waals surface area contributed by atoms with Gasteiger partial charge in [-0.05, 0) is 73.6 Å². The summed E-state index contributed by atoms with van der Waals surface area (Å²) in [6.45, 7) is 4.17. The van der Waals surface area contributed by atoms with Crippen molar-refractivity contribution in [2.24, 2.45) is 11.8 Å². The van der Waals surface area contributed by atoms with Crippen molar-refractivity contribution in [2.45, 2.75) is 65.2 Å². The van der Waals surface area contributed by atoms with E-state index in [-0.39, 0.29) is 0 Å². The molecule has 0 heteroatoms. The van der Waals surface area contributed by atoms with Crippen LogP contribution in [0.1, 0.15) is 81.0 Å². The zero-order valence-electron chi connectivity index (χ0n) is 17.4. The molecule has 0 nitrogen and oxygen atoms in total. The van der Waals surface area contributed by atoms with Crippen LogP contribution < -0.4 is 0 Å². The summed E-state index contributed by atoms with van der Waals surface area (Å²) in [6.07, 6.45) is 11.1. The highest BCUT2D eigenvalue weighted by Crippen LogP contribution is 2.33. The van der Waals surface area contributed by atoms with Gasteiger partial charge in [0, 0.05) is 16.7 Å². The first-order valence-electron chi connectivity index (χ1n) is 10.9. The van der Waals surface area contributed by atoms with Crippen LogP contribution in [-0.2, 0) is 6.42 Å². The van der Waals surface area contributed by atoms with Gasteiger partial charge in [-0.2, -0.15) is 0 Å². The molecule has 0 radical (unpaired) electrons. The van der Waals surface area contributed by atoms with E-state index in [4.69, 9.17) is 0 Å². The van der Waals surface area contributed by atoms with Crippen molar-refractivity contribution in [1.29, 1.82) is 0 Å². The smallest absolute Gasteiger partial charge is 0.0249 e. The van der Waals surface area contributed by atoms with Crippen LogP contribution in [0.5, 0.6) is 0 Å². The Morgan fingerprint density at radius 1 is 0.679 bits per heavy atom. The highest BCUT2D eigenvalue weighted by molar-refractivity contribution is 5.46. The quantitative estimate of drug-likeness (QED) is 0.499. The summed E-state index contributed by atoms with van der Waals surface area (Å²) in [7, 11) is 0. The van der Waals surface area contributed by atoms with Gasteiger partial charge in [-0.3, -0.25) is 0 Å². The zero-order valence-corrected chi connectivity index (χ0v) is 17.4. The van der Waals surface area contributed by atoms with Crippen LogP contribution in [0.15, 0.2) is 48.5 Å². The summed E-state index contributed by atoms with van der Waals surface area (Å²) < 4.78 is 0. The lowest BCUT2D eigenvalue weighted by Gasteiger charge is -2.28. The van der Waals surface area contributed by atoms with Crippen molar-refractivity contribution in [2.75, 3.05) is 0 Å². The molecule has 0 N–H and O–H groups in total. The Hall–Kier alpha value is -2.44. The Morgan fingerprint density at radius 2 is 1.14 bits per heavy atom. The number of aryl methyl sites for hydroxylation is 1. The second kappa shape index (κ2) is 10.8. The highest BCUT2D eigenvalue weighted by Gasteiger charge is 2.20. The van der Waals surface area contributed by atoms with Gasteiger partial charge < -0.3 is 0 Å². The minimum absolute atomic E-state index is 0.938. The van der Waals surface area contributed by atoms with Gasteiger partial charge in [-0.1, -0.05) is 75.3 Å². The summed E-state index contributed by atoms with van der Waals surface area (Å²) in [6, 6.07) is 17.0. The fourth-order valence-electron chi connectivity index (χ4n) is 4.27. The SMILES string of the molecule is CC#Cc1ccc(C#Cc2ccc(CCC3CCC(CCC)CC3)cc2)cc1. The van der Waals surface area contributed by atoms with E-state index < -0.39 is 0 Å². The highest BCUT2D eigenvalue weighted by atomic mass is 14.3. The van der Waals surface area contributed by atoms with E-state index in [0.29, 0.717) is 0 Å². The first-order chi connectivity index (χ1) is 13.8. The van der Waals surface area contributed by atoms with E-state index in [1.807, 2.05) is 31.2 Å². The average molecular weight is 369 g/mol. The van der Waals surface area contributed by atoms with Gasteiger partial charge in [-0.15, -0.1) is 5.92 Å². The molecule has 0 atom stereocenters. The van der Waals surface area contributed by atoms with Gasteiger partial charge in [0.15, 0.2) is 0 Å². The van der Waals surface area contributed by atoms with Crippen LogP contribution in [0.3, 0.4) is 0 Å². The van der Waals surface area contributed by atoms with E-state index in [0.717, 1.165) is 28.5 Å². The van der Waals surface area contributed by atoms with Crippen LogP contribution in [0.4, 0.5) is 0 Å². The molecule has 28 heavy (non-hydrogen) atoms. The Morgan fingerprint density at radius 3 is 1.64 bits per heavy atom. The average Bonchev–Trinajstić information content (AvgIpc) is 2.74. The molecule has 0 bridgehead atoms. The molecule has 2 aromatic carbocycles. The Kier molecular flexibility index (Phi) is 7.82. The van der Waals surface area contributed by atoms with Crippen molar-refractivity contribution in [3.63, 3.8) is 0 Å². The molecule has 1 aliphatic rings. The van der Waals surface area contributed by atoms with Crippen LogP contribution in [0, 0.1) is 35.5 Å². The van der Waals surface area contributed by atoms with Crippen LogP contribution >= 0.6 is 0 Å². The van der Waals surface area contributed by atoms with Gasteiger partial charge in [0.2, 0.25) is 0 Å². The Balaban J connectivity index is 1.48. The standard InChI is InChI=1S/C28H32/c1-3-5-23-7-11-25(12-8-23)15-17-27-19-21-28(22-20-27)18-16-26-13-9-24(6-4-2)10-14-26/h9-10,13-14,19-23,25H,3,5,7-8,11-12,15,17H2,1-2H3. The van der Waals surface area contributed by atoms with Gasteiger partial charge in [0.05, 0.1) is 0 Å².